The van der Waals surface area contributed by atoms with Crippen molar-refractivity contribution in [1.82, 2.24) is 0 Å². The van der Waals surface area contributed by atoms with E-state index < -0.39 is 6.29 Å². The lowest BCUT2D eigenvalue weighted by molar-refractivity contribution is -0.196. The summed E-state index contributed by atoms with van der Waals surface area (Å²) in [6, 6.07) is 10.1. The lowest BCUT2D eigenvalue weighted by Crippen LogP contribution is -2.36. The molecule has 1 N–H and O–H groups in total. The molecular weight excluding hydrogens is 216 g/mol. The SMILES string of the molecule is C[C@@H](OCc1ccccc1)[C@H]1CCCC(O)O1. The molecule has 3 nitrogen and oxygen atoms in total. The molecule has 0 spiro atoms. The van der Waals surface area contributed by atoms with E-state index in [9.17, 15) is 5.11 Å². The number of benzene rings is 1. The fraction of sp³-hybridized carbons (Fsp3) is 0.571. The average molecular weight is 236 g/mol. The minimum absolute atomic E-state index is 0.0162. The molecule has 0 saturated carbocycles. The molecule has 1 saturated heterocycles. The lowest BCUT2D eigenvalue weighted by atomic mass is 10.0. The van der Waals surface area contributed by atoms with Crippen molar-refractivity contribution in [2.24, 2.45) is 0 Å². The normalized spacial score (nSPS) is 26.7. The monoisotopic (exact) mass is 236 g/mol. The summed E-state index contributed by atoms with van der Waals surface area (Å²) >= 11 is 0. The number of hydrogen-bond donors (Lipinski definition) is 1. The predicted octanol–water partition coefficient (Wildman–Crippen LogP) is 2.48. The molecule has 1 aliphatic heterocycles. The molecular formula is C14H20O3. The Morgan fingerprint density at radius 1 is 1.35 bits per heavy atom. The van der Waals surface area contributed by atoms with E-state index in [1.54, 1.807) is 0 Å². The Morgan fingerprint density at radius 2 is 2.12 bits per heavy atom. The van der Waals surface area contributed by atoms with Crippen LogP contribution in [0.15, 0.2) is 30.3 Å². The van der Waals surface area contributed by atoms with Crippen LogP contribution in [0.2, 0.25) is 0 Å². The van der Waals surface area contributed by atoms with Crippen molar-refractivity contribution >= 4 is 0 Å². The molecule has 0 aliphatic carbocycles. The van der Waals surface area contributed by atoms with Crippen LogP contribution in [-0.4, -0.2) is 23.6 Å². The van der Waals surface area contributed by atoms with E-state index in [0.29, 0.717) is 6.61 Å². The number of aliphatic hydroxyl groups excluding tert-OH is 1. The highest BCUT2D eigenvalue weighted by molar-refractivity contribution is 5.13. The Labute approximate surface area is 102 Å². The first kappa shape index (κ1) is 12.6. The van der Waals surface area contributed by atoms with Gasteiger partial charge in [-0.15, -0.1) is 0 Å². The van der Waals surface area contributed by atoms with Crippen LogP contribution in [0.3, 0.4) is 0 Å². The van der Waals surface area contributed by atoms with Gasteiger partial charge in [0.25, 0.3) is 0 Å². The summed E-state index contributed by atoms with van der Waals surface area (Å²) in [6.45, 7) is 2.60. The van der Waals surface area contributed by atoms with Crippen LogP contribution >= 0.6 is 0 Å². The highest BCUT2D eigenvalue weighted by Gasteiger charge is 2.25. The molecule has 17 heavy (non-hydrogen) atoms. The molecule has 1 unspecified atom stereocenters. The third kappa shape index (κ3) is 3.80. The third-order valence-electron chi connectivity index (χ3n) is 3.15. The fourth-order valence-electron chi connectivity index (χ4n) is 2.09. The van der Waals surface area contributed by atoms with Gasteiger partial charge in [-0.2, -0.15) is 0 Å². The van der Waals surface area contributed by atoms with Gasteiger partial charge in [0.05, 0.1) is 18.8 Å². The van der Waals surface area contributed by atoms with E-state index in [2.05, 4.69) is 0 Å². The molecule has 0 bridgehead atoms. The molecule has 1 heterocycles. The molecule has 2 rings (SSSR count). The van der Waals surface area contributed by atoms with Gasteiger partial charge in [0.15, 0.2) is 6.29 Å². The topological polar surface area (TPSA) is 38.7 Å². The van der Waals surface area contributed by atoms with Crippen LogP contribution in [0.25, 0.3) is 0 Å². The summed E-state index contributed by atoms with van der Waals surface area (Å²) in [6.07, 6.45) is 2.13. The number of ether oxygens (including phenoxy) is 2. The smallest absolute Gasteiger partial charge is 0.155 e. The highest BCUT2D eigenvalue weighted by atomic mass is 16.6. The van der Waals surface area contributed by atoms with E-state index >= 15 is 0 Å². The van der Waals surface area contributed by atoms with E-state index in [0.717, 1.165) is 24.8 Å². The van der Waals surface area contributed by atoms with Gasteiger partial charge in [-0.3, -0.25) is 0 Å². The summed E-state index contributed by atoms with van der Waals surface area (Å²) < 4.78 is 11.2. The molecule has 0 radical (unpaired) electrons. The Bertz CT molecular complexity index is 325. The minimum atomic E-state index is -0.614. The fourth-order valence-corrected chi connectivity index (χ4v) is 2.09. The second-order valence-corrected chi connectivity index (χ2v) is 4.56. The van der Waals surface area contributed by atoms with Crippen molar-refractivity contribution in [3.63, 3.8) is 0 Å². The van der Waals surface area contributed by atoms with Gasteiger partial charge < -0.3 is 14.6 Å². The van der Waals surface area contributed by atoms with Gasteiger partial charge in [-0.25, -0.2) is 0 Å². The van der Waals surface area contributed by atoms with Gasteiger partial charge in [-0.05, 0) is 31.7 Å². The maximum atomic E-state index is 9.44. The summed E-state index contributed by atoms with van der Waals surface area (Å²) in [4.78, 5) is 0. The number of hydrogen-bond acceptors (Lipinski definition) is 3. The largest absolute Gasteiger partial charge is 0.371 e. The van der Waals surface area contributed by atoms with E-state index in [-0.39, 0.29) is 12.2 Å². The van der Waals surface area contributed by atoms with Gasteiger partial charge in [0.1, 0.15) is 0 Å². The third-order valence-corrected chi connectivity index (χ3v) is 3.15. The Kier molecular flexibility index (Phi) is 4.54. The summed E-state index contributed by atoms with van der Waals surface area (Å²) in [7, 11) is 0. The first-order chi connectivity index (χ1) is 8.25. The average Bonchev–Trinajstić information content (AvgIpc) is 2.37. The van der Waals surface area contributed by atoms with Crippen LogP contribution < -0.4 is 0 Å². The van der Waals surface area contributed by atoms with Crippen molar-refractivity contribution in [3.8, 4) is 0 Å². The first-order valence-electron chi connectivity index (χ1n) is 6.25. The van der Waals surface area contributed by atoms with E-state index in [1.165, 1.54) is 0 Å². The quantitative estimate of drug-likeness (QED) is 0.872. The van der Waals surface area contributed by atoms with Crippen molar-refractivity contribution < 1.29 is 14.6 Å². The maximum absolute atomic E-state index is 9.44. The Morgan fingerprint density at radius 3 is 2.82 bits per heavy atom. The van der Waals surface area contributed by atoms with Crippen LogP contribution in [-0.2, 0) is 16.1 Å². The Hall–Kier alpha value is -0.900. The molecule has 0 aromatic heterocycles. The number of rotatable bonds is 4. The lowest BCUT2D eigenvalue weighted by Gasteiger charge is -2.31. The van der Waals surface area contributed by atoms with Crippen LogP contribution in [0, 0.1) is 0 Å². The van der Waals surface area contributed by atoms with Gasteiger partial charge in [0, 0.05) is 0 Å². The van der Waals surface area contributed by atoms with Crippen molar-refractivity contribution in [1.29, 1.82) is 0 Å². The molecule has 94 valence electrons. The number of aliphatic hydroxyl groups is 1. The van der Waals surface area contributed by atoms with Crippen molar-refractivity contribution in [3.05, 3.63) is 35.9 Å². The van der Waals surface area contributed by atoms with Gasteiger partial charge in [0.2, 0.25) is 0 Å². The van der Waals surface area contributed by atoms with Crippen LogP contribution in [0.5, 0.6) is 0 Å². The highest BCUT2D eigenvalue weighted by Crippen LogP contribution is 2.21. The van der Waals surface area contributed by atoms with Gasteiger partial charge in [-0.1, -0.05) is 30.3 Å². The molecule has 1 aliphatic rings. The summed E-state index contributed by atoms with van der Waals surface area (Å²) in [5, 5.41) is 9.44. The molecule has 3 atom stereocenters. The predicted molar refractivity (Wildman–Crippen MR) is 65.4 cm³/mol. The molecule has 3 heteroatoms. The second kappa shape index (κ2) is 6.15. The first-order valence-corrected chi connectivity index (χ1v) is 6.25. The maximum Gasteiger partial charge on any atom is 0.155 e. The summed E-state index contributed by atoms with van der Waals surface area (Å²) in [5.41, 5.74) is 1.16. The molecule has 1 aromatic rings. The van der Waals surface area contributed by atoms with Gasteiger partial charge >= 0.3 is 0 Å². The second-order valence-electron chi connectivity index (χ2n) is 4.56. The molecule has 1 fully saturated rings. The zero-order chi connectivity index (χ0) is 12.1. The molecule has 1 aromatic carbocycles. The van der Waals surface area contributed by atoms with Crippen molar-refractivity contribution in [2.75, 3.05) is 0 Å². The molecule has 0 amide bonds. The zero-order valence-electron chi connectivity index (χ0n) is 10.2. The Balaban J connectivity index is 1.79. The van der Waals surface area contributed by atoms with Crippen LogP contribution in [0.4, 0.5) is 0 Å². The van der Waals surface area contributed by atoms with Crippen LogP contribution in [0.1, 0.15) is 31.7 Å². The van der Waals surface area contributed by atoms with E-state index in [4.69, 9.17) is 9.47 Å². The van der Waals surface area contributed by atoms with E-state index in [1.807, 2.05) is 37.3 Å². The summed E-state index contributed by atoms with van der Waals surface area (Å²) in [5.74, 6) is 0. The minimum Gasteiger partial charge on any atom is -0.371 e. The standard InChI is InChI=1S/C14H20O3/c1-11(13-8-5-9-14(15)17-13)16-10-12-6-3-2-4-7-12/h2-4,6-7,11,13-15H,5,8-10H2,1H3/t11-,13-,14?/m1/s1. The van der Waals surface area contributed by atoms with Crippen molar-refractivity contribution in [2.45, 2.75) is 51.3 Å². The zero-order valence-corrected chi connectivity index (χ0v) is 10.2.